The Balaban J connectivity index is 0.000000810. The highest BCUT2D eigenvalue weighted by molar-refractivity contribution is 6.19. The summed E-state index contributed by atoms with van der Waals surface area (Å²) in [6.07, 6.45) is 14.5. The van der Waals surface area contributed by atoms with Gasteiger partial charge in [0.1, 0.15) is 0 Å². The molecule has 2 nitrogen and oxygen atoms in total. The molecule has 2 aromatic heterocycles. The lowest BCUT2D eigenvalue weighted by atomic mass is 10.0. The molecule has 44 heavy (non-hydrogen) atoms. The molecule has 2 heteroatoms. The lowest BCUT2D eigenvalue weighted by Gasteiger charge is -2.17. The van der Waals surface area contributed by atoms with Crippen LogP contribution in [0.1, 0.15) is 56.6 Å². The number of nitrogens with zero attached hydrogens (tertiary/aromatic N) is 2. The molecule has 220 valence electrons. The van der Waals surface area contributed by atoms with Crippen molar-refractivity contribution >= 4 is 55.4 Å². The third kappa shape index (κ3) is 5.05. The van der Waals surface area contributed by atoms with Gasteiger partial charge in [-0.15, -0.1) is 6.58 Å². The fourth-order valence-electron chi connectivity index (χ4n) is 6.47. The number of aromatic nitrogens is 2. The molecule has 4 aromatic carbocycles. The summed E-state index contributed by atoms with van der Waals surface area (Å²) in [5, 5.41) is 5.02. The number of benzene rings is 4. The van der Waals surface area contributed by atoms with Crippen molar-refractivity contribution in [2.45, 2.75) is 45.4 Å². The SMILES string of the molecule is C=C/C=C/CC(C)C(=C)n1c2ccccc2c2cc3c(cc21)c1ccccc1n3-c1cccc(C2CC2)c1C=C.C=CCC. The van der Waals surface area contributed by atoms with Crippen molar-refractivity contribution in [2.24, 2.45) is 5.92 Å². The first-order valence-electron chi connectivity index (χ1n) is 15.8. The van der Waals surface area contributed by atoms with E-state index in [0.717, 1.165) is 18.5 Å². The van der Waals surface area contributed by atoms with Crippen LogP contribution in [0, 0.1) is 5.92 Å². The molecular formula is C42H42N2. The molecule has 0 saturated heterocycles. The molecule has 0 aliphatic heterocycles. The van der Waals surface area contributed by atoms with Gasteiger partial charge in [0.05, 0.1) is 27.8 Å². The van der Waals surface area contributed by atoms with Crippen molar-refractivity contribution in [2.75, 3.05) is 0 Å². The first-order chi connectivity index (χ1) is 21.5. The smallest absolute Gasteiger partial charge is 0.0549 e. The minimum Gasteiger partial charge on any atom is -0.313 e. The van der Waals surface area contributed by atoms with Gasteiger partial charge in [-0.2, -0.15) is 0 Å². The van der Waals surface area contributed by atoms with Crippen LogP contribution < -0.4 is 0 Å². The predicted molar refractivity (Wildman–Crippen MR) is 195 cm³/mol. The third-order valence-electron chi connectivity index (χ3n) is 8.95. The highest BCUT2D eigenvalue weighted by atomic mass is 15.0. The van der Waals surface area contributed by atoms with Gasteiger partial charge >= 0.3 is 0 Å². The van der Waals surface area contributed by atoms with Crippen LogP contribution in [0.3, 0.4) is 0 Å². The van der Waals surface area contributed by atoms with E-state index in [1.54, 1.807) is 0 Å². The third-order valence-corrected chi connectivity index (χ3v) is 8.95. The van der Waals surface area contributed by atoms with Crippen molar-refractivity contribution in [1.29, 1.82) is 0 Å². The summed E-state index contributed by atoms with van der Waals surface area (Å²) in [5.41, 5.74) is 9.84. The fraction of sp³-hybridized carbons (Fsp3) is 0.190. The summed E-state index contributed by atoms with van der Waals surface area (Å²) < 4.78 is 4.84. The predicted octanol–water partition coefficient (Wildman–Crippen LogP) is 12.2. The van der Waals surface area contributed by atoms with Gasteiger partial charge in [-0.3, -0.25) is 0 Å². The summed E-state index contributed by atoms with van der Waals surface area (Å²) in [5.74, 6) is 0.938. The quantitative estimate of drug-likeness (QED) is 0.120. The summed E-state index contributed by atoms with van der Waals surface area (Å²) in [4.78, 5) is 0. The molecule has 0 bridgehead atoms. The van der Waals surface area contributed by atoms with Crippen LogP contribution >= 0.6 is 0 Å². The second-order valence-corrected chi connectivity index (χ2v) is 11.8. The van der Waals surface area contributed by atoms with Crippen LogP contribution in [0.2, 0.25) is 0 Å². The van der Waals surface area contributed by atoms with Crippen LogP contribution in [-0.2, 0) is 0 Å². The Hall–Kier alpha value is -4.82. The number of para-hydroxylation sites is 2. The van der Waals surface area contributed by atoms with E-state index in [9.17, 15) is 0 Å². The molecule has 1 unspecified atom stereocenters. The van der Waals surface area contributed by atoms with Gasteiger partial charge in [0.15, 0.2) is 0 Å². The summed E-state index contributed by atoms with van der Waals surface area (Å²) in [6.45, 7) is 20.5. The molecule has 1 aliphatic carbocycles. The van der Waals surface area contributed by atoms with Gasteiger partial charge in [0.2, 0.25) is 0 Å². The molecule has 7 rings (SSSR count). The van der Waals surface area contributed by atoms with Crippen molar-refractivity contribution in [3.8, 4) is 5.69 Å². The average molecular weight is 575 g/mol. The Labute approximate surface area is 261 Å². The molecule has 6 aromatic rings. The summed E-state index contributed by atoms with van der Waals surface area (Å²) in [7, 11) is 0. The van der Waals surface area contributed by atoms with Crippen molar-refractivity contribution in [3.05, 3.63) is 141 Å². The Morgan fingerprint density at radius 3 is 2.11 bits per heavy atom. The number of rotatable bonds is 9. The second kappa shape index (κ2) is 12.4. The molecule has 2 heterocycles. The number of hydrogen-bond donors (Lipinski definition) is 0. The van der Waals surface area contributed by atoms with E-state index in [1.807, 2.05) is 18.2 Å². The number of fused-ring (bicyclic) bond motifs is 6. The zero-order valence-electron chi connectivity index (χ0n) is 26.1. The maximum absolute atomic E-state index is 4.61. The van der Waals surface area contributed by atoms with E-state index in [4.69, 9.17) is 0 Å². The van der Waals surface area contributed by atoms with Gasteiger partial charge in [0, 0.05) is 32.8 Å². The zero-order valence-corrected chi connectivity index (χ0v) is 26.1. The Morgan fingerprint density at radius 2 is 1.45 bits per heavy atom. The largest absolute Gasteiger partial charge is 0.313 e. The van der Waals surface area contributed by atoms with Crippen molar-refractivity contribution in [1.82, 2.24) is 9.13 Å². The second-order valence-electron chi connectivity index (χ2n) is 11.8. The minimum absolute atomic E-state index is 0.285. The van der Waals surface area contributed by atoms with Crippen LogP contribution in [0.25, 0.3) is 61.1 Å². The minimum atomic E-state index is 0.285. The Kier molecular flexibility index (Phi) is 8.26. The number of hydrogen-bond acceptors (Lipinski definition) is 0. The van der Waals surface area contributed by atoms with Crippen LogP contribution in [0.4, 0.5) is 0 Å². The first kappa shape index (κ1) is 29.3. The van der Waals surface area contributed by atoms with E-state index in [0.29, 0.717) is 5.92 Å². The lowest BCUT2D eigenvalue weighted by molar-refractivity contribution is 0.734. The normalized spacial score (nSPS) is 13.8. The first-order valence-corrected chi connectivity index (χ1v) is 15.8. The average Bonchev–Trinajstić information content (AvgIpc) is 3.80. The molecular weight excluding hydrogens is 532 g/mol. The van der Waals surface area contributed by atoms with Gasteiger partial charge in [-0.25, -0.2) is 0 Å². The van der Waals surface area contributed by atoms with Crippen LogP contribution in [0.15, 0.2) is 129 Å². The fourth-order valence-corrected chi connectivity index (χ4v) is 6.47. The van der Waals surface area contributed by atoms with E-state index in [2.05, 4.69) is 140 Å². The maximum atomic E-state index is 4.61. The van der Waals surface area contributed by atoms with Gasteiger partial charge < -0.3 is 9.13 Å². The molecule has 0 N–H and O–H groups in total. The zero-order chi connectivity index (χ0) is 30.8. The highest BCUT2D eigenvalue weighted by Crippen LogP contribution is 2.45. The molecule has 1 saturated carbocycles. The maximum Gasteiger partial charge on any atom is 0.0549 e. The van der Waals surface area contributed by atoms with E-state index >= 15 is 0 Å². The Bertz CT molecular complexity index is 2070. The van der Waals surface area contributed by atoms with E-state index in [-0.39, 0.29) is 5.92 Å². The topological polar surface area (TPSA) is 9.86 Å². The molecule has 1 fully saturated rings. The molecule has 1 atom stereocenters. The molecule has 0 radical (unpaired) electrons. The molecule has 0 amide bonds. The van der Waals surface area contributed by atoms with Crippen molar-refractivity contribution < 1.29 is 0 Å². The van der Waals surface area contributed by atoms with Crippen LogP contribution in [0.5, 0.6) is 0 Å². The van der Waals surface area contributed by atoms with Crippen molar-refractivity contribution in [3.63, 3.8) is 0 Å². The monoisotopic (exact) mass is 574 g/mol. The standard InChI is InChI=1S/C38H34N2.C4H8/c1-5-7-8-14-25(3)26(4)39-35-18-11-9-15-30(35)32-24-38-33(23-37(32)39)31-16-10-12-19-36(31)40(38)34-20-13-17-29(27-21-22-27)28(34)6-2;1-3-4-2/h5-13,15-20,23-25,27H,1-2,4,14,21-22H2,3H3;3H,1,4H2,2H3/b8-7+;. The van der Waals surface area contributed by atoms with Gasteiger partial charge in [-0.05, 0) is 73.4 Å². The van der Waals surface area contributed by atoms with E-state index in [1.165, 1.54) is 73.3 Å². The molecule has 0 spiro atoms. The summed E-state index contributed by atoms with van der Waals surface area (Å²) >= 11 is 0. The highest BCUT2D eigenvalue weighted by Gasteiger charge is 2.27. The molecule has 1 aliphatic rings. The lowest BCUT2D eigenvalue weighted by Crippen LogP contribution is -2.04. The number of allylic oxidation sites excluding steroid dienone is 5. The van der Waals surface area contributed by atoms with E-state index < -0.39 is 0 Å². The van der Waals surface area contributed by atoms with Gasteiger partial charge in [0.25, 0.3) is 0 Å². The van der Waals surface area contributed by atoms with Crippen LogP contribution in [-0.4, -0.2) is 9.13 Å². The summed E-state index contributed by atoms with van der Waals surface area (Å²) in [6, 6.07) is 29.1. The van der Waals surface area contributed by atoms with Gasteiger partial charge in [-0.1, -0.05) is 112 Å². The Morgan fingerprint density at radius 1 is 0.818 bits per heavy atom.